The van der Waals surface area contributed by atoms with Crippen LogP contribution in [0.25, 0.3) is 34.1 Å². The lowest BCUT2D eigenvalue weighted by atomic mass is 10.1. The summed E-state index contributed by atoms with van der Waals surface area (Å²) < 4.78 is 35.1. The van der Waals surface area contributed by atoms with Crippen LogP contribution in [-0.2, 0) is 9.84 Å². The maximum atomic E-state index is 12.4. The van der Waals surface area contributed by atoms with Crippen LogP contribution in [0.15, 0.2) is 64.3 Å². The van der Waals surface area contributed by atoms with Crippen molar-refractivity contribution in [3.8, 4) is 40.0 Å². The molecule has 0 aliphatic heterocycles. The smallest absolute Gasteiger partial charge is 0.389 e. The third kappa shape index (κ3) is 4.88. The van der Waals surface area contributed by atoms with E-state index in [2.05, 4.69) is 20.1 Å². The summed E-state index contributed by atoms with van der Waals surface area (Å²) in [6, 6.07) is 10.2. The fourth-order valence-corrected chi connectivity index (χ4v) is 4.15. The minimum Gasteiger partial charge on any atom is -0.389 e. The Balaban J connectivity index is 1.72. The van der Waals surface area contributed by atoms with E-state index >= 15 is 0 Å². The normalized spacial score (nSPS) is 11.4. The zero-order valence-corrected chi connectivity index (χ0v) is 19.7. The number of sulfone groups is 1. The van der Waals surface area contributed by atoms with Crippen LogP contribution in [0.1, 0.15) is 13.8 Å². The minimum absolute atomic E-state index is 0.00848. The van der Waals surface area contributed by atoms with Gasteiger partial charge in [-0.25, -0.2) is 28.2 Å². The highest BCUT2D eigenvalue weighted by Gasteiger charge is 2.22. The van der Waals surface area contributed by atoms with E-state index in [1.165, 1.54) is 36.5 Å². The predicted molar refractivity (Wildman–Crippen MR) is 125 cm³/mol. The first-order valence-electron chi connectivity index (χ1n) is 10.3. The van der Waals surface area contributed by atoms with Gasteiger partial charge in [-0.2, -0.15) is 0 Å². The second kappa shape index (κ2) is 9.50. The third-order valence-electron chi connectivity index (χ3n) is 5.00. The lowest BCUT2D eigenvalue weighted by Crippen LogP contribution is -2.17. The van der Waals surface area contributed by atoms with Crippen LogP contribution in [0.5, 0.6) is 5.88 Å². The van der Waals surface area contributed by atoms with Crippen molar-refractivity contribution in [2.75, 3.05) is 0 Å². The van der Waals surface area contributed by atoms with Crippen molar-refractivity contribution in [3.63, 3.8) is 0 Å². The summed E-state index contributed by atoms with van der Waals surface area (Å²) in [7, 11) is -3.45. The van der Waals surface area contributed by atoms with E-state index in [1.54, 1.807) is 26.0 Å². The lowest BCUT2D eigenvalue weighted by molar-refractivity contribution is -0.385. The molecule has 184 valence electrons. The molecule has 2 N–H and O–H groups in total. The monoisotopic (exact) mass is 510 g/mol. The van der Waals surface area contributed by atoms with Crippen molar-refractivity contribution >= 4 is 21.6 Å². The molecule has 13 nitrogen and oxygen atoms in total. The molecule has 0 spiro atoms. The van der Waals surface area contributed by atoms with Gasteiger partial charge >= 0.3 is 6.09 Å². The molecule has 3 heterocycles. The average Bonchev–Trinajstić information content (AvgIpc) is 3.34. The summed E-state index contributed by atoms with van der Waals surface area (Å²) in [5.41, 5.74) is 6.33. The van der Waals surface area contributed by atoms with Crippen molar-refractivity contribution < 1.29 is 27.4 Å². The van der Waals surface area contributed by atoms with E-state index in [0.29, 0.717) is 17.0 Å². The molecule has 0 unspecified atom stereocenters. The van der Waals surface area contributed by atoms with Crippen LogP contribution in [0.2, 0.25) is 0 Å². The average molecular weight is 510 g/mol. The van der Waals surface area contributed by atoms with Gasteiger partial charge < -0.3 is 15.0 Å². The Morgan fingerprint density at radius 1 is 1.06 bits per heavy atom. The Kier molecular flexibility index (Phi) is 6.44. The van der Waals surface area contributed by atoms with Crippen LogP contribution in [0.3, 0.4) is 0 Å². The SMILES string of the molecule is CC(C)S(=O)(=O)c1ccc(-c2cnc(OC(N)=O)c(-c3cc(-c4ccc([N+](=O)[O-])cn4)no3)n2)cc1. The standard InChI is InChI=1S/C22H18N6O7S/c1-12(2)36(32,33)15-6-3-13(4-7-15)18-11-25-21(34-22(23)29)20(26-18)19-9-17(27-35-19)16-8-5-14(10-24-16)28(30)31/h3-12H,1-2H3,(H2,23,29). The topological polar surface area (TPSA) is 194 Å². The number of ether oxygens (including phenoxy) is 1. The highest BCUT2D eigenvalue weighted by atomic mass is 32.2. The molecule has 0 fully saturated rings. The van der Waals surface area contributed by atoms with Crippen LogP contribution < -0.4 is 10.5 Å². The second-order valence-electron chi connectivity index (χ2n) is 7.68. The Labute approximate surface area is 204 Å². The summed E-state index contributed by atoms with van der Waals surface area (Å²) in [5, 5.41) is 14.2. The molecule has 0 atom stereocenters. The molecule has 0 aliphatic rings. The van der Waals surface area contributed by atoms with Gasteiger partial charge in [-0.3, -0.25) is 10.1 Å². The number of carbonyl (C=O) groups is 1. The fraction of sp³-hybridized carbons (Fsp3) is 0.136. The van der Waals surface area contributed by atoms with E-state index in [9.17, 15) is 23.3 Å². The Morgan fingerprint density at radius 3 is 2.36 bits per heavy atom. The number of nitro groups is 1. The summed E-state index contributed by atoms with van der Waals surface area (Å²) in [6.07, 6.45) is 1.27. The molecule has 14 heteroatoms. The van der Waals surface area contributed by atoms with Crippen LogP contribution in [-0.4, -0.2) is 44.8 Å². The number of amides is 1. The lowest BCUT2D eigenvalue weighted by Gasteiger charge is -2.09. The largest absolute Gasteiger partial charge is 0.411 e. The van der Waals surface area contributed by atoms with Gasteiger partial charge in [0, 0.05) is 17.7 Å². The molecule has 0 saturated carbocycles. The Bertz CT molecular complexity index is 1550. The van der Waals surface area contributed by atoms with Gasteiger partial charge in [0.15, 0.2) is 21.3 Å². The van der Waals surface area contributed by atoms with Crippen LogP contribution >= 0.6 is 0 Å². The maximum Gasteiger partial charge on any atom is 0.411 e. The molecule has 0 radical (unpaired) electrons. The zero-order chi connectivity index (χ0) is 26.0. The van der Waals surface area contributed by atoms with Crippen LogP contribution in [0.4, 0.5) is 10.5 Å². The van der Waals surface area contributed by atoms with Gasteiger partial charge in [-0.05, 0) is 32.0 Å². The van der Waals surface area contributed by atoms with Gasteiger partial charge in [0.05, 0.1) is 32.7 Å². The predicted octanol–water partition coefficient (Wildman–Crippen LogP) is 3.41. The summed E-state index contributed by atoms with van der Waals surface area (Å²) in [6.45, 7) is 3.19. The maximum absolute atomic E-state index is 12.4. The number of pyridine rings is 1. The molecule has 1 aromatic carbocycles. The first-order valence-corrected chi connectivity index (χ1v) is 11.9. The summed E-state index contributed by atoms with van der Waals surface area (Å²) in [5.74, 6) is -0.195. The number of benzene rings is 1. The van der Waals surface area contributed by atoms with Gasteiger partial charge in [-0.1, -0.05) is 17.3 Å². The summed E-state index contributed by atoms with van der Waals surface area (Å²) in [4.78, 5) is 34.4. The molecule has 0 bridgehead atoms. The Morgan fingerprint density at radius 2 is 1.78 bits per heavy atom. The number of aromatic nitrogens is 4. The van der Waals surface area contributed by atoms with E-state index < -0.39 is 26.1 Å². The van der Waals surface area contributed by atoms with Crippen LogP contribution in [0, 0.1) is 10.1 Å². The second-order valence-corrected chi connectivity index (χ2v) is 10.2. The molecule has 0 aliphatic carbocycles. The number of nitrogens with two attached hydrogens (primary N) is 1. The van der Waals surface area contributed by atoms with Crippen molar-refractivity contribution in [3.05, 3.63) is 65.0 Å². The fourth-order valence-electron chi connectivity index (χ4n) is 3.09. The van der Waals surface area contributed by atoms with E-state index in [0.717, 1.165) is 6.20 Å². The van der Waals surface area contributed by atoms with E-state index in [4.69, 9.17) is 15.0 Å². The van der Waals surface area contributed by atoms with Gasteiger partial charge in [0.25, 0.3) is 11.6 Å². The molecule has 36 heavy (non-hydrogen) atoms. The highest BCUT2D eigenvalue weighted by molar-refractivity contribution is 7.92. The van der Waals surface area contributed by atoms with Crippen molar-refractivity contribution in [1.82, 2.24) is 20.1 Å². The van der Waals surface area contributed by atoms with Crippen molar-refractivity contribution in [2.24, 2.45) is 5.73 Å². The first-order chi connectivity index (χ1) is 17.1. The van der Waals surface area contributed by atoms with Gasteiger partial charge in [0.2, 0.25) is 0 Å². The zero-order valence-electron chi connectivity index (χ0n) is 18.9. The molecule has 1 amide bonds. The van der Waals surface area contributed by atoms with E-state index in [1.807, 2.05) is 0 Å². The first kappa shape index (κ1) is 24.4. The Hall–Kier alpha value is -4.72. The van der Waals surface area contributed by atoms with Crippen molar-refractivity contribution in [2.45, 2.75) is 24.0 Å². The number of hydrogen-bond donors (Lipinski definition) is 1. The van der Waals surface area contributed by atoms with Gasteiger partial charge in [-0.15, -0.1) is 0 Å². The highest BCUT2D eigenvalue weighted by Crippen LogP contribution is 2.32. The number of rotatable bonds is 7. The number of carbonyl (C=O) groups excluding carboxylic acids is 1. The molecule has 0 saturated heterocycles. The number of hydrogen-bond acceptors (Lipinski definition) is 11. The minimum atomic E-state index is -3.45. The van der Waals surface area contributed by atoms with E-state index in [-0.39, 0.29) is 33.6 Å². The molecular formula is C22H18N6O7S. The number of primary amides is 1. The van der Waals surface area contributed by atoms with Gasteiger partial charge in [0.1, 0.15) is 11.9 Å². The number of nitrogens with zero attached hydrogens (tertiary/aromatic N) is 5. The quantitative estimate of drug-likeness (QED) is 0.283. The molecule has 3 aromatic heterocycles. The molecule has 4 aromatic rings. The molecule has 4 rings (SSSR count). The third-order valence-corrected chi connectivity index (χ3v) is 7.17. The molecular weight excluding hydrogens is 492 g/mol. The van der Waals surface area contributed by atoms with Crippen molar-refractivity contribution in [1.29, 1.82) is 0 Å². The summed E-state index contributed by atoms with van der Waals surface area (Å²) >= 11 is 0.